The Morgan fingerprint density at radius 3 is 2.64 bits per heavy atom. The second-order valence-electron chi connectivity index (χ2n) is 5.69. The van der Waals surface area contributed by atoms with Gasteiger partial charge in [0.05, 0.1) is 23.6 Å². The summed E-state index contributed by atoms with van der Waals surface area (Å²) in [6.45, 7) is 0.0218. The van der Waals surface area contributed by atoms with Gasteiger partial charge in [-0.1, -0.05) is 5.21 Å². The molecule has 0 aliphatic rings. The smallest absolute Gasteiger partial charge is 0.316 e. The summed E-state index contributed by atoms with van der Waals surface area (Å²) in [7, 11) is 0. The van der Waals surface area contributed by atoms with Gasteiger partial charge in [0.25, 0.3) is 6.43 Å². The Balaban J connectivity index is 1.43. The highest BCUT2D eigenvalue weighted by Crippen LogP contribution is 2.24. The number of ether oxygens (including phenoxy) is 1. The van der Waals surface area contributed by atoms with Gasteiger partial charge in [-0.05, 0) is 18.2 Å². The number of halogens is 3. The number of alkyl halides is 2. The van der Waals surface area contributed by atoms with Gasteiger partial charge in [0.2, 0.25) is 0 Å². The Labute approximate surface area is 156 Å². The van der Waals surface area contributed by atoms with E-state index in [0.717, 1.165) is 23.3 Å². The predicted molar refractivity (Wildman–Crippen MR) is 90.2 cm³/mol. The number of aromatic nitrogens is 7. The Kier molecular flexibility index (Phi) is 4.70. The third-order valence-corrected chi connectivity index (χ3v) is 3.83. The van der Waals surface area contributed by atoms with Crippen LogP contribution < -0.4 is 4.74 Å². The molecule has 0 aliphatic heterocycles. The second-order valence-corrected chi connectivity index (χ2v) is 5.69. The summed E-state index contributed by atoms with van der Waals surface area (Å²) in [5.74, 6) is -0.974. The summed E-state index contributed by atoms with van der Waals surface area (Å²) in [6.07, 6.45) is 5.11. The molecule has 142 valence electrons. The van der Waals surface area contributed by atoms with E-state index in [9.17, 15) is 13.2 Å². The van der Waals surface area contributed by atoms with Crippen molar-refractivity contribution in [2.24, 2.45) is 0 Å². The van der Waals surface area contributed by atoms with Crippen molar-refractivity contribution in [1.82, 2.24) is 35.2 Å². The molecular formula is C17H12F3N7O. The molecule has 0 radical (unpaired) electrons. The lowest BCUT2D eigenvalue weighted by molar-refractivity contribution is 0.146. The minimum absolute atomic E-state index is 0.0218. The van der Waals surface area contributed by atoms with Crippen LogP contribution >= 0.6 is 0 Å². The van der Waals surface area contributed by atoms with Gasteiger partial charge in [0, 0.05) is 29.7 Å². The van der Waals surface area contributed by atoms with Crippen LogP contribution in [-0.4, -0.2) is 35.2 Å². The van der Waals surface area contributed by atoms with E-state index in [2.05, 4.69) is 30.5 Å². The number of hydrogen-bond acceptors (Lipinski definition) is 6. The molecule has 4 aromatic rings. The largest absolute Gasteiger partial charge is 0.457 e. The van der Waals surface area contributed by atoms with E-state index in [-0.39, 0.29) is 18.3 Å². The molecule has 3 heterocycles. The normalized spacial score (nSPS) is 11.1. The van der Waals surface area contributed by atoms with Crippen molar-refractivity contribution < 1.29 is 17.9 Å². The standard InChI is InChI=1S/C17H12F3N7O/c18-15-2-1-13(3-14(15)16(19)20)27-8-12(25-26-27)9-28-17-21-4-10(5-22-17)11-6-23-24-7-11/h1-8,16H,9H2,(H,23,24). The Morgan fingerprint density at radius 1 is 1.11 bits per heavy atom. The van der Waals surface area contributed by atoms with Crippen molar-refractivity contribution in [2.45, 2.75) is 13.0 Å². The predicted octanol–water partition coefficient (Wildman–Crippen LogP) is 3.10. The van der Waals surface area contributed by atoms with E-state index in [0.29, 0.717) is 5.69 Å². The van der Waals surface area contributed by atoms with Crippen molar-refractivity contribution in [1.29, 1.82) is 0 Å². The van der Waals surface area contributed by atoms with Gasteiger partial charge in [-0.25, -0.2) is 27.8 Å². The molecule has 28 heavy (non-hydrogen) atoms. The van der Waals surface area contributed by atoms with Crippen LogP contribution in [0.25, 0.3) is 16.8 Å². The third-order valence-electron chi connectivity index (χ3n) is 3.83. The molecule has 0 aliphatic carbocycles. The van der Waals surface area contributed by atoms with E-state index >= 15 is 0 Å². The first-order valence-electron chi connectivity index (χ1n) is 8.03. The number of hydrogen-bond donors (Lipinski definition) is 1. The van der Waals surface area contributed by atoms with Gasteiger partial charge in [-0.15, -0.1) is 5.10 Å². The SMILES string of the molecule is Fc1ccc(-n2cc(COc3ncc(-c4cn[nH]c4)cn3)nn2)cc1C(F)F. The maximum Gasteiger partial charge on any atom is 0.316 e. The Morgan fingerprint density at radius 2 is 1.93 bits per heavy atom. The quantitative estimate of drug-likeness (QED) is 0.546. The van der Waals surface area contributed by atoms with E-state index in [1.165, 1.54) is 16.9 Å². The Hall–Kier alpha value is -3.76. The van der Waals surface area contributed by atoms with E-state index in [4.69, 9.17) is 4.74 Å². The zero-order valence-electron chi connectivity index (χ0n) is 14.1. The minimum Gasteiger partial charge on any atom is -0.457 e. The van der Waals surface area contributed by atoms with Crippen LogP contribution in [0.4, 0.5) is 13.2 Å². The highest BCUT2D eigenvalue weighted by molar-refractivity contribution is 5.59. The van der Waals surface area contributed by atoms with Crippen molar-refractivity contribution in [3.8, 4) is 22.8 Å². The van der Waals surface area contributed by atoms with Gasteiger partial charge < -0.3 is 4.74 Å². The number of benzene rings is 1. The number of rotatable bonds is 6. The molecule has 0 fully saturated rings. The van der Waals surface area contributed by atoms with Gasteiger partial charge in [0.1, 0.15) is 18.1 Å². The lowest BCUT2D eigenvalue weighted by Gasteiger charge is -2.05. The van der Waals surface area contributed by atoms with Gasteiger partial charge in [-0.2, -0.15) is 5.10 Å². The molecule has 0 unspecified atom stereocenters. The topological polar surface area (TPSA) is 94.4 Å². The monoisotopic (exact) mass is 387 g/mol. The molecule has 11 heteroatoms. The van der Waals surface area contributed by atoms with Gasteiger partial charge in [0.15, 0.2) is 0 Å². The molecule has 0 bridgehead atoms. The summed E-state index contributed by atoms with van der Waals surface area (Å²) in [6, 6.07) is 3.46. The molecule has 8 nitrogen and oxygen atoms in total. The molecular weight excluding hydrogens is 375 g/mol. The Bertz CT molecular complexity index is 1060. The van der Waals surface area contributed by atoms with E-state index in [1.807, 2.05) is 0 Å². The van der Waals surface area contributed by atoms with Crippen molar-refractivity contribution in [2.75, 3.05) is 0 Å². The fourth-order valence-corrected chi connectivity index (χ4v) is 2.42. The van der Waals surface area contributed by atoms with Crippen molar-refractivity contribution >= 4 is 0 Å². The average molecular weight is 387 g/mol. The average Bonchev–Trinajstić information content (AvgIpc) is 3.39. The summed E-state index contributed by atoms with van der Waals surface area (Å²) < 4.78 is 45.8. The molecule has 0 atom stereocenters. The van der Waals surface area contributed by atoms with Crippen molar-refractivity contribution in [3.05, 3.63) is 66.3 Å². The van der Waals surface area contributed by atoms with Gasteiger partial charge in [-0.3, -0.25) is 5.10 Å². The zero-order chi connectivity index (χ0) is 19.5. The highest BCUT2D eigenvalue weighted by atomic mass is 19.3. The maximum atomic E-state index is 13.4. The molecule has 1 aromatic carbocycles. The van der Waals surface area contributed by atoms with E-state index < -0.39 is 17.8 Å². The fraction of sp³-hybridized carbons (Fsp3) is 0.118. The minimum atomic E-state index is -2.92. The van der Waals surface area contributed by atoms with Crippen LogP contribution in [0.5, 0.6) is 6.01 Å². The number of nitrogens with one attached hydrogen (secondary N) is 1. The molecule has 0 saturated heterocycles. The maximum absolute atomic E-state index is 13.4. The fourth-order valence-electron chi connectivity index (χ4n) is 2.42. The molecule has 1 N–H and O–H groups in total. The molecule has 0 spiro atoms. The summed E-state index contributed by atoms with van der Waals surface area (Å²) >= 11 is 0. The number of nitrogens with zero attached hydrogens (tertiary/aromatic N) is 6. The first kappa shape index (κ1) is 17.6. The lowest BCUT2D eigenvalue weighted by atomic mass is 10.2. The second kappa shape index (κ2) is 7.47. The van der Waals surface area contributed by atoms with Gasteiger partial charge >= 0.3 is 6.01 Å². The third kappa shape index (κ3) is 3.68. The van der Waals surface area contributed by atoms with Crippen LogP contribution in [-0.2, 0) is 6.61 Å². The molecule has 0 saturated carbocycles. The van der Waals surface area contributed by atoms with Crippen LogP contribution in [0.15, 0.2) is 49.2 Å². The van der Waals surface area contributed by atoms with Crippen molar-refractivity contribution in [3.63, 3.8) is 0 Å². The molecule has 4 rings (SSSR count). The van der Waals surface area contributed by atoms with Crippen LogP contribution in [0, 0.1) is 5.82 Å². The number of aromatic amines is 1. The summed E-state index contributed by atoms with van der Waals surface area (Å²) in [4.78, 5) is 8.20. The van der Waals surface area contributed by atoms with E-state index in [1.54, 1.807) is 24.8 Å². The zero-order valence-corrected chi connectivity index (χ0v) is 14.1. The summed E-state index contributed by atoms with van der Waals surface area (Å²) in [5.41, 5.74) is 1.61. The van der Waals surface area contributed by atoms with Crippen LogP contribution in [0.1, 0.15) is 17.7 Å². The number of H-pyrrole nitrogens is 1. The molecule has 0 amide bonds. The first-order valence-corrected chi connectivity index (χ1v) is 8.03. The van der Waals surface area contributed by atoms with Crippen LogP contribution in [0.2, 0.25) is 0 Å². The highest BCUT2D eigenvalue weighted by Gasteiger charge is 2.15. The lowest BCUT2D eigenvalue weighted by Crippen LogP contribution is -2.00. The first-order chi connectivity index (χ1) is 13.6. The molecule has 3 aromatic heterocycles. The van der Waals surface area contributed by atoms with Crippen LogP contribution in [0.3, 0.4) is 0 Å². The summed E-state index contributed by atoms with van der Waals surface area (Å²) in [5, 5.41) is 14.3.